The molecule has 0 saturated carbocycles. The van der Waals surface area contributed by atoms with E-state index in [2.05, 4.69) is 10.1 Å². The van der Waals surface area contributed by atoms with Crippen LogP contribution in [-0.4, -0.2) is 28.0 Å². The van der Waals surface area contributed by atoms with Gasteiger partial charge in [-0.15, -0.1) is 0 Å². The molecule has 1 aromatic carbocycles. The maximum atomic E-state index is 12.7. The molecule has 0 unspecified atom stereocenters. The average molecular weight is 295 g/mol. The van der Waals surface area contributed by atoms with Crippen molar-refractivity contribution in [1.82, 2.24) is 15.0 Å². The third-order valence-corrected chi connectivity index (χ3v) is 3.82. The molecule has 0 bridgehead atoms. The number of fused-ring (bicyclic) bond motifs is 1. The zero-order chi connectivity index (χ0) is 15.7. The fourth-order valence-corrected chi connectivity index (χ4v) is 2.53. The van der Waals surface area contributed by atoms with Crippen LogP contribution in [0.3, 0.4) is 0 Å². The molecular formula is C17H17N3O2. The van der Waals surface area contributed by atoms with Crippen LogP contribution in [0.4, 0.5) is 0 Å². The van der Waals surface area contributed by atoms with E-state index in [1.54, 1.807) is 24.3 Å². The van der Waals surface area contributed by atoms with Gasteiger partial charge in [-0.1, -0.05) is 29.4 Å². The van der Waals surface area contributed by atoms with E-state index in [9.17, 15) is 4.79 Å². The van der Waals surface area contributed by atoms with Crippen molar-refractivity contribution in [2.24, 2.45) is 0 Å². The normalized spacial score (nSPS) is 10.9. The highest BCUT2D eigenvalue weighted by atomic mass is 16.5. The molecular weight excluding hydrogens is 278 g/mol. The molecule has 5 nitrogen and oxygen atoms in total. The van der Waals surface area contributed by atoms with Gasteiger partial charge in [-0.25, -0.2) is 0 Å². The molecule has 3 rings (SSSR count). The molecule has 22 heavy (non-hydrogen) atoms. The molecule has 0 aliphatic heterocycles. The first-order valence-corrected chi connectivity index (χ1v) is 7.08. The van der Waals surface area contributed by atoms with Gasteiger partial charge in [-0.2, -0.15) is 0 Å². The molecule has 0 aliphatic carbocycles. The van der Waals surface area contributed by atoms with E-state index < -0.39 is 0 Å². The first-order valence-electron chi connectivity index (χ1n) is 7.08. The maximum Gasteiger partial charge on any atom is 0.256 e. The van der Waals surface area contributed by atoms with Crippen LogP contribution in [0.25, 0.3) is 10.8 Å². The highest BCUT2D eigenvalue weighted by Crippen LogP contribution is 2.20. The second-order valence-corrected chi connectivity index (χ2v) is 5.37. The Morgan fingerprint density at radius 3 is 2.73 bits per heavy atom. The van der Waals surface area contributed by atoms with Gasteiger partial charge in [0, 0.05) is 30.4 Å². The Morgan fingerprint density at radius 1 is 1.23 bits per heavy atom. The number of hydrogen-bond donors (Lipinski definition) is 0. The van der Waals surface area contributed by atoms with Crippen molar-refractivity contribution >= 4 is 16.7 Å². The number of pyridine rings is 1. The fraction of sp³-hybridized carbons (Fsp3) is 0.235. The quantitative estimate of drug-likeness (QED) is 0.745. The van der Waals surface area contributed by atoms with E-state index in [0.29, 0.717) is 12.1 Å². The van der Waals surface area contributed by atoms with Crippen LogP contribution in [0.2, 0.25) is 0 Å². The molecule has 0 saturated heterocycles. The van der Waals surface area contributed by atoms with E-state index in [4.69, 9.17) is 4.52 Å². The standard InChI is InChI=1S/C17H17N3O2/c1-11-16(12(2)22-19-11)10-20(3)17(21)15-9-18-8-13-6-4-5-7-14(13)15/h4-9H,10H2,1-3H3. The summed E-state index contributed by atoms with van der Waals surface area (Å²) in [6.45, 7) is 4.19. The van der Waals surface area contributed by atoms with Crippen LogP contribution in [0.15, 0.2) is 41.2 Å². The van der Waals surface area contributed by atoms with Gasteiger partial charge in [0.15, 0.2) is 0 Å². The Balaban J connectivity index is 1.92. The van der Waals surface area contributed by atoms with Crippen molar-refractivity contribution in [3.05, 3.63) is 59.2 Å². The molecule has 2 heterocycles. The van der Waals surface area contributed by atoms with Gasteiger partial charge < -0.3 is 9.42 Å². The molecule has 0 fully saturated rings. The number of rotatable bonds is 3. The lowest BCUT2D eigenvalue weighted by atomic mass is 10.1. The molecule has 112 valence electrons. The zero-order valence-corrected chi connectivity index (χ0v) is 12.8. The highest BCUT2D eigenvalue weighted by Gasteiger charge is 2.18. The molecule has 0 aliphatic rings. The number of benzene rings is 1. The van der Waals surface area contributed by atoms with Crippen LogP contribution >= 0.6 is 0 Å². The minimum absolute atomic E-state index is 0.0655. The van der Waals surface area contributed by atoms with Gasteiger partial charge in [-0.05, 0) is 19.2 Å². The van der Waals surface area contributed by atoms with Crippen LogP contribution < -0.4 is 0 Å². The highest BCUT2D eigenvalue weighted by molar-refractivity contribution is 6.06. The molecule has 0 radical (unpaired) electrons. The van der Waals surface area contributed by atoms with Crippen LogP contribution in [0, 0.1) is 13.8 Å². The summed E-state index contributed by atoms with van der Waals surface area (Å²) in [5.74, 6) is 0.678. The van der Waals surface area contributed by atoms with Crippen molar-refractivity contribution in [2.45, 2.75) is 20.4 Å². The van der Waals surface area contributed by atoms with Crippen molar-refractivity contribution < 1.29 is 9.32 Å². The predicted molar refractivity (Wildman–Crippen MR) is 83.5 cm³/mol. The molecule has 2 aromatic heterocycles. The molecule has 1 amide bonds. The fourth-order valence-electron chi connectivity index (χ4n) is 2.53. The van der Waals surface area contributed by atoms with Crippen molar-refractivity contribution in [2.75, 3.05) is 7.05 Å². The van der Waals surface area contributed by atoms with Gasteiger partial charge in [0.05, 0.1) is 17.8 Å². The summed E-state index contributed by atoms with van der Waals surface area (Å²) in [5.41, 5.74) is 2.37. The Bertz CT molecular complexity index is 814. The summed E-state index contributed by atoms with van der Waals surface area (Å²) < 4.78 is 5.15. The van der Waals surface area contributed by atoms with Crippen molar-refractivity contribution in [1.29, 1.82) is 0 Å². The average Bonchev–Trinajstić information content (AvgIpc) is 2.85. The van der Waals surface area contributed by atoms with E-state index in [1.807, 2.05) is 38.1 Å². The summed E-state index contributed by atoms with van der Waals surface area (Å²) in [5, 5.41) is 5.79. The van der Waals surface area contributed by atoms with Gasteiger partial charge in [0.25, 0.3) is 5.91 Å². The van der Waals surface area contributed by atoms with Gasteiger partial charge in [0.2, 0.25) is 0 Å². The van der Waals surface area contributed by atoms with Crippen LogP contribution in [0.5, 0.6) is 0 Å². The summed E-state index contributed by atoms with van der Waals surface area (Å²) in [7, 11) is 1.77. The minimum Gasteiger partial charge on any atom is -0.361 e. The van der Waals surface area contributed by atoms with E-state index in [-0.39, 0.29) is 5.91 Å². The lowest BCUT2D eigenvalue weighted by Gasteiger charge is -2.18. The topological polar surface area (TPSA) is 59.2 Å². The Labute approximate surface area is 128 Å². The second kappa shape index (κ2) is 5.60. The Morgan fingerprint density at radius 2 is 2.00 bits per heavy atom. The lowest BCUT2D eigenvalue weighted by Crippen LogP contribution is -2.27. The molecule has 0 N–H and O–H groups in total. The summed E-state index contributed by atoms with van der Waals surface area (Å²) >= 11 is 0. The summed E-state index contributed by atoms with van der Waals surface area (Å²) in [4.78, 5) is 18.6. The third-order valence-electron chi connectivity index (χ3n) is 3.82. The van der Waals surface area contributed by atoms with Gasteiger partial charge in [-0.3, -0.25) is 9.78 Å². The molecule has 0 spiro atoms. The Kier molecular flexibility index (Phi) is 3.63. The molecule has 0 atom stereocenters. The number of hydrogen-bond acceptors (Lipinski definition) is 4. The van der Waals surface area contributed by atoms with Crippen molar-refractivity contribution in [3.63, 3.8) is 0 Å². The largest absolute Gasteiger partial charge is 0.361 e. The monoisotopic (exact) mass is 295 g/mol. The number of carbonyl (C=O) groups excluding carboxylic acids is 1. The smallest absolute Gasteiger partial charge is 0.256 e. The minimum atomic E-state index is -0.0655. The Hall–Kier alpha value is -2.69. The predicted octanol–water partition coefficient (Wildman–Crippen LogP) is 3.11. The zero-order valence-electron chi connectivity index (χ0n) is 12.8. The van der Waals surface area contributed by atoms with Crippen LogP contribution in [-0.2, 0) is 6.54 Å². The summed E-state index contributed by atoms with van der Waals surface area (Å²) in [6, 6.07) is 7.75. The molecule has 3 aromatic rings. The third kappa shape index (κ3) is 2.45. The number of amides is 1. The number of carbonyl (C=O) groups is 1. The van der Waals surface area contributed by atoms with E-state index >= 15 is 0 Å². The van der Waals surface area contributed by atoms with Crippen molar-refractivity contribution in [3.8, 4) is 0 Å². The van der Waals surface area contributed by atoms with Crippen LogP contribution in [0.1, 0.15) is 27.4 Å². The lowest BCUT2D eigenvalue weighted by molar-refractivity contribution is 0.0786. The van der Waals surface area contributed by atoms with E-state index in [0.717, 1.165) is 27.8 Å². The summed E-state index contributed by atoms with van der Waals surface area (Å²) in [6.07, 6.45) is 3.38. The first-order chi connectivity index (χ1) is 10.6. The first kappa shape index (κ1) is 14.3. The number of aromatic nitrogens is 2. The number of aryl methyl sites for hydroxylation is 2. The van der Waals surface area contributed by atoms with E-state index in [1.165, 1.54) is 0 Å². The molecule has 5 heteroatoms. The SMILES string of the molecule is Cc1noc(C)c1CN(C)C(=O)c1cncc2ccccc12. The van der Waals surface area contributed by atoms with Gasteiger partial charge in [0.1, 0.15) is 5.76 Å². The van der Waals surface area contributed by atoms with Gasteiger partial charge >= 0.3 is 0 Å². The maximum absolute atomic E-state index is 12.7. The number of nitrogens with zero attached hydrogens (tertiary/aromatic N) is 3. The second-order valence-electron chi connectivity index (χ2n) is 5.37.